The second-order valence-electron chi connectivity index (χ2n) is 3.02. The van der Waals surface area contributed by atoms with Crippen molar-refractivity contribution >= 4 is 35.1 Å². The molecule has 0 atom stereocenters. The molecule has 2 rings (SSSR count). The van der Waals surface area contributed by atoms with Gasteiger partial charge in [0.25, 0.3) is 5.22 Å². The molecule has 7 heteroatoms. The maximum atomic E-state index is 11.1. The standard InChI is InChI=1S/C10H8N2O3S2/c1-6-11-12-10(15-6)17-8(9(13)14)5-7-3-2-4-16-7/h2-5H,1H3,(H,13,14)/b8-5-. The number of hydrogen-bond donors (Lipinski definition) is 1. The van der Waals surface area contributed by atoms with Crippen LogP contribution in [0.25, 0.3) is 6.08 Å². The zero-order valence-corrected chi connectivity index (χ0v) is 10.4. The summed E-state index contributed by atoms with van der Waals surface area (Å²) in [6.07, 6.45) is 1.58. The predicted octanol–water partition coefficient (Wildman–Crippen LogP) is 2.66. The van der Waals surface area contributed by atoms with Gasteiger partial charge in [0.15, 0.2) is 0 Å². The van der Waals surface area contributed by atoms with Gasteiger partial charge in [0, 0.05) is 11.8 Å². The molecule has 0 aliphatic rings. The van der Waals surface area contributed by atoms with Crippen molar-refractivity contribution in [2.45, 2.75) is 12.1 Å². The summed E-state index contributed by atoms with van der Waals surface area (Å²) in [4.78, 5) is 12.1. The summed E-state index contributed by atoms with van der Waals surface area (Å²) in [6.45, 7) is 1.65. The molecule has 0 aromatic carbocycles. The molecule has 0 amide bonds. The van der Waals surface area contributed by atoms with Gasteiger partial charge in [-0.3, -0.25) is 0 Å². The van der Waals surface area contributed by atoms with Gasteiger partial charge in [-0.25, -0.2) is 4.79 Å². The van der Waals surface area contributed by atoms with Crippen LogP contribution in [-0.4, -0.2) is 21.3 Å². The lowest BCUT2D eigenvalue weighted by Gasteiger charge is -1.96. The number of rotatable bonds is 4. The lowest BCUT2D eigenvalue weighted by atomic mass is 10.4. The summed E-state index contributed by atoms with van der Waals surface area (Å²) < 4.78 is 5.12. The Kier molecular flexibility index (Phi) is 3.60. The van der Waals surface area contributed by atoms with Crippen molar-refractivity contribution in [3.8, 4) is 0 Å². The Morgan fingerprint density at radius 1 is 1.59 bits per heavy atom. The van der Waals surface area contributed by atoms with Gasteiger partial charge in [-0.15, -0.1) is 21.5 Å². The van der Waals surface area contributed by atoms with Crippen molar-refractivity contribution in [1.82, 2.24) is 10.2 Å². The highest BCUT2D eigenvalue weighted by molar-refractivity contribution is 8.03. The summed E-state index contributed by atoms with van der Waals surface area (Å²) in [5.41, 5.74) is 0. The first-order valence-corrected chi connectivity index (χ1v) is 6.31. The van der Waals surface area contributed by atoms with Gasteiger partial charge in [0.1, 0.15) is 4.91 Å². The van der Waals surface area contributed by atoms with Gasteiger partial charge < -0.3 is 9.52 Å². The smallest absolute Gasteiger partial charge is 0.342 e. The van der Waals surface area contributed by atoms with Gasteiger partial charge in [-0.2, -0.15) is 0 Å². The minimum Gasteiger partial charge on any atom is -0.477 e. The molecule has 0 aliphatic heterocycles. The van der Waals surface area contributed by atoms with Crippen LogP contribution in [0.2, 0.25) is 0 Å². The Morgan fingerprint density at radius 2 is 2.41 bits per heavy atom. The van der Waals surface area contributed by atoms with Crippen LogP contribution >= 0.6 is 23.1 Å². The first kappa shape index (κ1) is 11.9. The minimum atomic E-state index is -1.01. The van der Waals surface area contributed by atoms with Crippen LogP contribution in [0.1, 0.15) is 10.8 Å². The van der Waals surface area contributed by atoms with Gasteiger partial charge in [0.2, 0.25) is 5.89 Å². The quantitative estimate of drug-likeness (QED) is 0.678. The molecule has 0 radical (unpaired) electrons. The topological polar surface area (TPSA) is 76.2 Å². The number of hydrogen-bond acceptors (Lipinski definition) is 6. The number of aryl methyl sites for hydroxylation is 1. The predicted molar refractivity (Wildman–Crippen MR) is 64.8 cm³/mol. The number of carboxylic acid groups (broad SMARTS) is 1. The Hall–Kier alpha value is -1.60. The van der Waals surface area contributed by atoms with E-state index in [1.807, 2.05) is 17.5 Å². The zero-order chi connectivity index (χ0) is 12.3. The normalized spacial score (nSPS) is 11.7. The highest BCUT2D eigenvalue weighted by atomic mass is 32.2. The molecule has 0 bridgehead atoms. The summed E-state index contributed by atoms with van der Waals surface area (Å²) >= 11 is 2.41. The van der Waals surface area contributed by atoms with Crippen molar-refractivity contribution in [1.29, 1.82) is 0 Å². The van der Waals surface area contributed by atoms with Gasteiger partial charge in [-0.1, -0.05) is 6.07 Å². The third-order valence-electron chi connectivity index (χ3n) is 1.73. The number of thioether (sulfide) groups is 1. The molecule has 0 saturated carbocycles. The summed E-state index contributed by atoms with van der Waals surface area (Å²) in [7, 11) is 0. The van der Waals surface area contributed by atoms with E-state index in [0.29, 0.717) is 5.89 Å². The number of aliphatic carboxylic acids is 1. The van der Waals surface area contributed by atoms with Crippen molar-refractivity contribution < 1.29 is 14.3 Å². The third kappa shape index (κ3) is 3.18. The molecule has 2 heterocycles. The fourth-order valence-corrected chi connectivity index (χ4v) is 2.49. The van der Waals surface area contributed by atoms with Crippen LogP contribution in [0.4, 0.5) is 0 Å². The van der Waals surface area contributed by atoms with E-state index < -0.39 is 5.97 Å². The SMILES string of the molecule is Cc1nnc(S/C(=C\c2cccs2)C(=O)O)o1. The molecule has 88 valence electrons. The first-order chi connectivity index (χ1) is 8.15. The van der Waals surface area contributed by atoms with E-state index in [0.717, 1.165) is 16.6 Å². The van der Waals surface area contributed by atoms with E-state index in [1.54, 1.807) is 13.0 Å². The van der Waals surface area contributed by atoms with Gasteiger partial charge in [-0.05, 0) is 29.3 Å². The fourth-order valence-electron chi connectivity index (χ4n) is 1.05. The maximum absolute atomic E-state index is 11.1. The van der Waals surface area contributed by atoms with Crippen molar-refractivity contribution in [3.63, 3.8) is 0 Å². The van der Waals surface area contributed by atoms with E-state index in [4.69, 9.17) is 9.52 Å². The number of carboxylic acids is 1. The molecule has 0 fully saturated rings. The molecule has 0 saturated heterocycles. The molecule has 0 aliphatic carbocycles. The maximum Gasteiger partial charge on any atom is 0.342 e. The fraction of sp³-hybridized carbons (Fsp3) is 0.100. The minimum absolute atomic E-state index is 0.149. The molecule has 17 heavy (non-hydrogen) atoms. The van der Waals surface area contributed by atoms with Gasteiger partial charge >= 0.3 is 5.97 Å². The molecular weight excluding hydrogens is 260 g/mol. The van der Waals surface area contributed by atoms with E-state index >= 15 is 0 Å². The number of aromatic nitrogens is 2. The van der Waals surface area contributed by atoms with Crippen LogP contribution < -0.4 is 0 Å². The summed E-state index contributed by atoms with van der Waals surface area (Å²) in [6, 6.07) is 3.70. The Morgan fingerprint density at radius 3 is 2.94 bits per heavy atom. The molecular formula is C10H8N2O3S2. The third-order valence-corrected chi connectivity index (χ3v) is 3.40. The Bertz CT molecular complexity index is 546. The summed E-state index contributed by atoms with van der Waals surface area (Å²) in [5.74, 6) is -0.604. The lowest BCUT2D eigenvalue weighted by Crippen LogP contribution is -1.96. The van der Waals surface area contributed by atoms with E-state index in [9.17, 15) is 4.79 Å². The molecule has 0 spiro atoms. The summed E-state index contributed by atoms with van der Waals surface area (Å²) in [5, 5.41) is 18.6. The second kappa shape index (κ2) is 5.15. The number of nitrogens with zero attached hydrogens (tertiary/aromatic N) is 2. The first-order valence-electron chi connectivity index (χ1n) is 4.61. The molecule has 1 N–H and O–H groups in total. The van der Waals surface area contributed by atoms with Crippen LogP contribution in [0.15, 0.2) is 32.1 Å². The molecule has 5 nitrogen and oxygen atoms in total. The van der Waals surface area contributed by atoms with Crippen molar-refractivity contribution in [2.75, 3.05) is 0 Å². The van der Waals surface area contributed by atoms with Crippen LogP contribution in [-0.2, 0) is 4.79 Å². The average Bonchev–Trinajstić information content (AvgIpc) is 2.89. The van der Waals surface area contributed by atoms with E-state index in [1.165, 1.54) is 11.3 Å². The number of thiophene rings is 1. The van der Waals surface area contributed by atoms with Crippen LogP contribution in [0.3, 0.4) is 0 Å². The highest BCUT2D eigenvalue weighted by Gasteiger charge is 2.14. The Balaban J connectivity index is 2.21. The Labute approximate surface area is 105 Å². The lowest BCUT2D eigenvalue weighted by molar-refractivity contribution is -0.131. The van der Waals surface area contributed by atoms with E-state index in [2.05, 4.69) is 10.2 Å². The molecule has 0 unspecified atom stereocenters. The monoisotopic (exact) mass is 268 g/mol. The van der Waals surface area contributed by atoms with Crippen LogP contribution in [0.5, 0.6) is 0 Å². The van der Waals surface area contributed by atoms with Crippen molar-refractivity contribution in [2.24, 2.45) is 0 Å². The van der Waals surface area contributed by atoms with Gasteiger partial charge in [0.05, 0.1) is 0 Å². The van der Waals surface area contributed by atoms with Crippen molar-refractivity contribution in [3.05, 3.63) is 33.2 Å². The number of carbonyl (C=O) groups is 1. The average molecular weight is 268 g/mol. The zero-order valence-electron chi connectivity index (χ0n) is 8.78. The second-order valence-corrected chi connectivity index (χ2v) is 4.99. The highest BCUT2D eigenvalue weighted by Crippen LogP contribution is 2.28. The van der Waals surface area contributed by atoms with E-state index in [-0.39, 0.29) is 10.1 Å². The largest absolute Gasteiger partial charge is 0.477 e. The van der Waals surface area contributed by atoms with Crippen LogP contribution in [0, 0.1) is 6.92 Å². The molecule has 2 aromatic heterocycles. The molecule has 2 aromatic rings.